The van der Waals surface area contributed by atoms with Crippen LogP contribution in [0, 0.1) is 0 Å². The predicted octanol–water partition coefficient (Wildman–Crippen LogP) is 3.63. The Bertz CT molecular complexity index is 181. The van der Waals surface area contributed by atoms with Gasteiger partial charge in [-0.05, 0) is 19.3 Å². The van der Waals surface area contributed by atoms with Gasteiger partial charge in [-0.25, -0.2) is 4.57 Å². The van der Waals surface area contributed by atoms with Crippen LogP contribution in [0.3, 0.4) is 0 Å². The first-order chi connectivity index (χ1) is 8.18. The van der Waals surface area contributed by atoms with E-state index >= 15 is 0 Å². The summed E-state index contributed by atoms with van der Waals surface area (Å²) in [5.74, 6) is 0. The Morgan fingerprint density at radius 1 is 0.722 bits per heavy atom. The van der Waals surface area contributed by atoms with Crippen LogP contribution in [0.1, 0.15) is 59.3 Å². The topological polar surface area (TPSA) is 44.8 Å². The van der Waals surface area contributed by atoms with Crippen molar-refractivity contribution in [1.82, 2.24) is 0 Å². The molecule has 0 aliphatic rings. The van der Waals surface area contributed by atoms with E-state index in [1.54, 1.807) is 0 Å². The zero-order chi connectivity index (χ0) is 13.0. The molecular formula is C12H29O4PSn. The molecule has 0 aromatic heterocycles. The summed E-state index contributed by atoms with van der Waals surface area (Å²) in [4.78, 5) is 0. The summed E-state index contributed by atoms with van der Waals surface area (Å²) in [7, 11) is -3.31. The van der Waals surface area contributed by atoms with E-state index in [9.17, 15) is 4.57 Å². The molecule has 0 saturated carbocycles. The van der Waals surface area contributed by atoms with Gasteiger partial charge in [0.25, 0.3) is 0 Å². The SMILES string of the molecule is CCCCOP(=O)(OCCCC)OCCCC.[SnH2]. The Labute approximate surface area is 129 Å². The summed E-state index contributed by atoms with van der Waals surface area (Å²) in [6, 6.07) is 0. The molecule has 0 aromatic rings. The van der Waals surface area contributed by atoms with E-state index in [2.05, 4.69) is 20.8 Å². The normalized spacial score (nSPS) is 11.3. The van der Waals surface area contributed by atoms with Crippen LogP contribution in [0.25, 0.3) is 0 Å². The van der Waals surface area contributed by atoms with E-state index in [1.165, 1.54) is 0 Å². The van der Waals surface area contributed by atoms with Crippen LogP contribution in [0.2, 0.25) is 0 Å². The van der Waals surface area contributed by atoms with E-state index in [1.807, 2.05) is 0 Å². The second kappa shape index (κ2) is 14.3. The number of phosphoric acid groups is 1. The van der Waals surface area contributed by atoms with Crippen LogP contribution in [0.15, 0.2) is 0 Å². The molecule has 0 amide bonds. The van der Waals surface area contributed by atoms with Gasteiger partial charge in [-0.15, -0.1) is 0 Å². The third-order valence-electron chi connectivity index (χ3n) is 2.24. The fourth-order valence-corrected chi connectivity index (χ4v) is 2.36. The molecule has 0 N–H and O–H groups in total. The first-order valence-electron chi connectivity index (χ1n) is 6.72. The molecule has 0 bridgehead atoms. The van der Waals surface area contributed by atoms with Gasteiger partial charge in [0.1, 0.15) is 0 Å². The molecule has 0 saturated heterocycles. The van der Waals surface area contributed by atoms with E-state index in [0.29, 0.717) is 19.8 Å². The van der Waals surface area contributed by atoms with Gasteiger partial charge in [-0.1, -0.05) is 40.0 Å². The molecular weight excluding hydrogens is 358 g/mol. The van der Waals surface area contributed by atoms with Gasteiger partial charge in [0.05, 0.1) is 19.8 Å². The molecule has 0 rings (SSSR count). The maximum absolute atomic E-state index is 12.2. The van der Waals surface area contributed by atoms with Gasteiger partial charge >= 0.3 is 31.7 Å². The van der Waals surface area contributed by atoms with Crippen LogP contribution in [-0.2, 0) is 18.1 Å². The zero-order valence-corrected chi connectivity index (χ0v) is 17.1. The Morgan fingerprint density at radius 3 is 1.22 bits per heavy atom. The zero-order valence-electron chi connectivity index (χ0n) is 12.2. The van der Waals surface area contributed by atoms with Crippen molar-refractivity contribution in [3.05, 3.63) is 0 Å². The van der Waals surface area contributed by atoms with Crippen molar-refractivity contribution in [3.63, 3.8) is 0 Å². The number of unbranched alkanes of at least 4 members (excludes halogenated alkanes) is 3. The fourth-order valence-electron chi connectivity index (χ4n) is 1.07. The molecule has 0 spiro atoms. The number of phosphoric ester groups is 1. The standard InChI is InChI=1S/C12H27O4P.Sn.2H/c1-4-7-10-14-17(13,15-11-8-5-2)16-12-9-6-3;;;/h4-12H2,1-3H3;;;. The van der Waals surface area contributed by atoms with Gasteiger partial charge < -0.3 is 0 Å². The quantitative estimate of drug-likeness (QED) is 0.292. The molecule has 4 nitrogen and oxygen atoms in total. The van der Waals surface area contributed by atoms with Crippen molar-refractivity contribution in [2.45, 2.75) is 59.3 Å². The van der Waals surface area contributed by atoms with Crippen molar-refractivity contribution >= 4 is 31.7 Å². The average molecular weight is 387 g/mol. The second-order valence-electron chi connectivity index (χ2n) is 4.01. The monoisotopic (exact) mass is 388 g/mol. The molecule has 0 fully saturated rings. The van der Waals surface area contributed by atoms with E-state index in [0.717, 1.165) is 38.5 Å². The first kappa shape index (κ1) is 21.2. The molecule has 18 heavy (non-hydrogen) atoms. The van der Waals surface area contributed by atoms with Crippen LogP contribution in [0.4, 0.5) is 0 Å². The minimum atomic E-state index is -3.31. The molecule has 6 heteroatoms. The summed E-state index contributed by atoms with van der Waals surface area (Å²) >= 11 is 0. The van der Waals surface area contributed by atoms with Gasteiger partial charge in [-0.2, -0.15) is 0 Å². The van der Waals surface area contributed by atoms with Gasteiger partial charge in [0.15, 0.2) is 0 Å². The second-order valence-corrected chi connectivity index (χ2v) is 5.68. The van der Waals surface area contributed by atoms with Gasteiger partial charge in [0.2, 0.25) is 0 Å². The molecule has 0 atom stereocenters. The van der Waals surface area contributed by atoms with Crippen molar-refractivity contribution in [2.24, 2.45) is 0 Å². The summed E-state index contributed by atoms with van der Waals surface area (Å²) in [6.45, 7) is 7.49. The van der Waals surface area contributed by atoms with Crippen molar-refractivity contribution in [2.75, 3.05) is 19.8 Å². The van der Waals surface area contributed by atoms with E-state index < -0.39 is 7.82 Å². The maximum atomic E-state index is 12.2. The average Bonchev–Trinajstić information content (AvgIpc) is 2.30. The Hall–Kier alpha value is 0.909. The summed E-state index contributed by atoms with van der Waals surface area (Å²) in [6.07, 6.45) is 5.63. The fraction of sp³-hybridized carbons (Fsp3) is 1.00. The molecule has 2 radical (unpaired) electrons. The number of hydrogen-bond acceptors (Lipinski definition) is 4. The van der Waals surface area contributed by atoms with Gasteiger partial charge in [-0.3, -0.25) is 13.6 Å². The third kappa shape index (κ3) is 12.0. The molecule has 0 aliphatic heterocycles. The van der Waals surface area contributed by atoms with Gasteiger partial charge in [0, 0.05) is 0 Å². The van der Waals surface area contributed by atoms with Crippen molar-refractivity contribution in [1.29, 1.82) is 0 Å². The Kier molecular flexibility index (Phi) is 16.9. The van der Waals surface area contributed by atoms with Crippen molar-refractivity contribution < 1.29 is 18.1 Å². The van der Waals surface area contributed by atoms with Crippen molar-refractivity contribution in [3.8, 4) is 0 Å². The number of hydrogen-bond donors (Lipinski definition) is 0. The van der Waals surface area contributed by atoms with E-state index in [4.69, 9.17) is 13.6 Å². The first-order valence-corrected chi connectivity index (χ1v) is 8.18. The number of rotatable bonds is 12. The Balaban J connectivity index is 0. The van der Waals surface area contributed by atoms with Crippen LogP contribution < -0.4 is 0 Å². The molecule has 0 heterocycles. The van der Waals surface area contributed by atoms with Crippen LogP contribution >= 0.6 is 7.82 Å². The third-order valence-corrected chi connectivity index (χ3v) is 3.74. The van der Waals surface area contributed by atoms with E-state index in [-0.39, 0.29) is 23.9 Å². The summed E-state index contributed by atoms with van der Waals surface area (Å²) < 4.78 is 28.0. The molecule has 0 unspecified atom stereocenters. The molecule has 0 aromatic carbocycles. The predicted molar refractivity (Wildman–Crippen MR) is 78.7 cm³/mol. The summed E-state index contributed by atoms with van der Waals surface area (Å²) in [5, 5.41) is 0. The van der Waals surface area contributed by atoms with Crippen LogP contribution in [-0.4, -0.2) is 43.7 Å². The molecule has 110 valence electrons. The summed E-state index contributed by atoms with van der Waals surface area (Å²) in [5.41, 5.74) is 0. The Morgan fingerprint density at radius 2 is 1.00 bits per heavy atom. The van der Waals surface area contributed by atoms with Crippen LogP contribution in [0.5, 0.6) is 0 Å². The minimum absolute atomic E-state index is 0. The molecule has 0 aliphatic carbocycles.